The molecule has 202 valence electrons. The van der Waals surface area contributed by atoms with Crippen molar-refractivity contribution in [3.05, 3.63) is 49.7 Å². The number of nitrogens with one attached hydrogen (secondary N) is 2. The fourth-order valence-corrected chi connectivity index (χ4v) is 6.77. The Kier molecular flexibility index (Phi) is 8.02. The van der Waals surface area contributed by atoms with E-state index in [2.05, 4.69) is 15.2 Å². The molecule has 9 heteroatoms. The van der Waals surface area contributed by atoms with Gasteiger partial charge in [0.05, 0.1) is 10.6 Å². The molecule has 0 radical (unpaired) electrons. The van der Waals surface area contributed by atoms with E-state index in [0.717, 1.165) is 67.1 Å². The minimum atomic E-state index is -0.481. The van der Waals surface area contributed by atoms with E-state index in [4.69, 9.17) is 4.74 Å². The number of pyridine rings is 1. The number of rotatable bonds is 5. The third-order valence-electron chi connectivity index (χ3n) is 7.47. The predicted molar refractivity (Wildman–Crippen MR) is 148 cm³/mol. The van der Waals surface area contributed by atoms with E-state index in [1.54, 1.807) is 11.3 Å². The zero-order chi connectivity index (χ0) is 26.9. The summed E-state index contributed by atoms with van der Waals surface area (Å²) in [6.45, 7) is 14.1. The maximum Gasteiger partial charge on any atom is 0.410 e. The molecular formula is C28H40N4O4S. The third kappa shape index (κ3) is 6.20. The molecule has 2 saturated heterocycles. The minimum Gasteiger partial charge on any atom is -0.444 e. The molecule has 1 atom stereocenters. The first-order valence-electron chi connectivity index (χ1n) is 13.2. The van der Waals surface area contributed by atoms with Crippen molar-refractivity contribution in [3.8, 4) is 0 Å². The molecule has 2 aliphatic heterocycles. The largest absolute Gasteiger partial charge is 0.444 e. The summed E-state index contributed by atoms with van der Waals surface area (Å²) in [5.41, 5.74) is 3.31. The van der Waals surface area contributed by atoms with Crippen LogP contribution in [0.2, 0.25) is 0 Å². The van der Waals surface area contributed by atoms with Crippen LogP contribution in [0.5, 0.6) is 0 Å². The fourth-order valence-electron chi connectivity index (χ4n) is 5.61. The van der Waals surface area contributed by atoms with Crippen molar-refractivity contribution in [3.63, 3.8) is 0 Å². The number of H-pyrrole nitrogens is 1. The van der Waals surface area contributed by atoms with Crippen LogP contribution in [-0.4, -0.2) is 53.2 Å². The number of carbonyl (C=O) groups excluding carboxylic acids is 2. The smallest absolute Gasteiger partial charge is 0.410 e. The van der Waals surface area contributed by atoms with Crippen LogP contribution in [0.4, 0.5) is 9.80 Å². The molecule has 2 fully saturated rings. The van der Waals surface area contributed by atoms with Crippen molar-refractivity contribution in [2.45, 2.75) is 85.4 Å². The second-order valence-electron chi connectivity index (χ2n) is 11.4. The monoisotopic (exact) mass is 528 g/mol. The molecule has 2 aromatic heterocycles. The summed E-state index contributed by atoms with van der Waals surface area (Å²) in [5.74, 6) is 0.358. The Morgan fingerprint density at radius 1 is 1.14 bits per heavy atom. The van der Waals surface area contributed by atoms with Gasteiger partial charge in [0.15, 0.2) is 0 Å². The first-order valence-corrected chi connectivity index (χ1v) is 14.1. The van der Waals surface area contributed by atoms with Crippen LogP contribution in [0.1, 0.15) is 79.2 Å². The number of likely N-dealkylation sites (tertiary alicyclic amines) is 1. The minimum absolute atomic E-state index is 0.152. The maximum absolute atomic E-state index is 13.1. The number of aromatic amines is 1. The van der Waals surface area contributed by atoms with Gasteiger partial charge in [-0.1, -0.05) is 0 Å². The Hall–Kier alpha value is -2.81. The SMILES string of the molecule is Cc1cc(C)c(CNC(=O)c2csc(N3CCCC3C3CCN(C(=O)OC(C)(C)C)CC3)c2C)c(=O)[nH]1. The summed E-state index contributed by atoms with van der Waals surface area (Å²) in [4.78, 5) is 45.0. The summed E-state index contributed by atoms with van der Waals surface area (Å²) in [7, 11) is 0. The lowest BCUT2D eigenvalue weighted by molar-refractivity contribution is 0.0175. The second-order valence-corrected chi connectivity index (χ2v) is 12.3. The number of aryl methyl sites for hydroxylation is 2. The van der Waals surface area contributed by atoms with Crippen molar-refractivity contribution in [1.29, 1.82) is 0 Å². The van der Waals surface area contributed by atoms with Gasteiger partial charge in [0.25, 0.3) is 11.5 Å². The molecule has 0 aliphatic carbocycles. The van der Waals surface area contributed by atoms with Gasteiger partial charge in [-0.25, -0.2) is 4.79 Å². The van der Waals surface area contributed by atoms with Crippen LogP contribution in [0.25, 0.3) is 0 Å². The molecule has 2 aliphatic rings. The summed E-state index contributed by atoms with van der Waals surface area (Å²) in [6.07, 6.45) is 3.96. The number of piperidine rings is 1. The Balaban J connectivity index is 1.39. The van der Waals surface area contributed by atoms with Gasteiger partial charge < -0.3 is 24.8 Å². The number of thiophene rings is 1. The lowest BCUT2D eigenvalue weighted by Gasteiger charge is -2.39. The lowest BCUT2D eigenvalue weighted by atomic mass is 9.88. The molecule has 37 heavy (non-hydrogen) atoms. The van der Waals surface area contributed by atoms with Crippen LogP contribution < -0.4 is 15.8 Å². The van der Waals surface area contributed by atoms with Crippen molar-refractivity contribution in [2.24, 2.45) is 5.92 Å². The summed E-state index contributed by atoms with van der Waals surface area (Å²) in [6, 6.07) is 2.34. The highest BCUT2D eigenvalue weighted by Gasteiger charge is 2.37. The molecule has 2 aromatic rings. The van der Waals surface area contributed by atoms with Crippen LogP contribution >= 0.6 is 11.3 Å². The van der Waals surface area contributed by atoms with Crippen molar-refractivity contribution in [1.82, 2.24) is 15.2 Å². The third-order valence-corrected chi connectivity index (χ3v) is 8.59. The Morgan fingerprint density at radius 2 is 1.84 bits per heavy atom. The van der Waals surface area contributed by atoms with Crippen molar-refractivity contribution >= 4 is 28.3 Å². The van der Waals surface area contributed by atoms with Crippen LogP contribution in [0.15, 0.2) is 16.2 Å². The average Bonchev–Trinajstić information content (AvgIpc) is 3.43. The Bertz CT molecular complexity index is 1200. The summed E-state index contributed by atoms with van der Waals surface area (Å²) >= 11 is 1.62. The highest BCUT2D eigenvalue weighted by atomic mass is 32.1. The zero-order valence-corrected chi connectivity index (χ0v) is 23.7. The number of ether oxygens (including phenoxy) is 1. The molecule has 2 N–H and O–H groups in total. The van der Waals surface area contributed by atoms with Crippen LogP contribution in [0, 0.1) is 26.7 Å². The molecule has 4 rings (SSSR count). The van der Waals surface area contributed by atoms with E-state index in [1.807, 2.05) is 57.9 Å². The fraction of sp³-hybridized carbons (Fsp3) is 0.607. The molecule has 0 bridgehead atoms. The van der Waals surface area contributed by atoms with Crippen LogP contribution in [0.3, 0.4) is 0 Å². The summed E-state index contributed by atoms with van der Waals surface area (Å²) in [5, 5.41) is 6.04. The number of nitrogens with zero attached hydrogens (tertiary/aromatic N) is 2. The van der Waals surface area contributed by atoms with Gasteiger partial charge >= 0.3 is 6.09 Å². The topological polar surface area (TPSA) is 94.7 Å². The lowest BCUT2D eigenvalue weighted by Crippen LogP contribution is -2.46. The zero-order valence-electron chi connectivity index (χ0n) is 22.9. The van der Waals surface area contributed by atoms with Gasteiger partial charge in [-0.3, -0.25) is 9.59 Å². The molecule has 4 heterocycles. The first-order chi connectivity index (χ1) is 17.4. The predicted octanol–water partition coefficient (Wildman–Crippen LogP) is 4.91. The normalized spacial score (nSPS) is 18.8. The Labute approximate surface area is 223 Å². The van der Waals surface area contributed by atoms with Crippen molar-refractivity contribution < 1.29 is 14.3 Å². The summed E-state index contributed by atoms with van der Waals surface area (Å²) < 4.78 is 5.56. The molecule has 2 amide bonds. The van der Waals surface area contributed by atoms with Gasteiger partial charge in [-0.2, -0.15) is 0 Å². The number of aromatic nitrogens is 1. The maximum atomic E-state index is 13.1. The molecule has 8 nitrogen and oxygen atoms in total. The van der Waals surface area contributed by atoms with Gasteiger partial charge in [-0.15, -0.1) is 11.3 Å². The molecule has 0 aromatic carbocycles. The van der Waals surface area contributed by atoms with E-state index in [9.17, 15) is 14.4 Å². The van der Waals surface area contributed by atoms with E-state index < -0.39 is 5.60 Å². The second kappa shape index (κ2) is 10.9. The van der Waals surface area contributed by atoms with Gasteiger partial charge in [0.1, 0.15) is 5.60 Å². The van der Waals surface area contributed by atoms with E-state index in [0.29, 0.717) is 23.1 Å². The van der Waals surface area contributed by atoms with Crippen LogP contribution in [-0.2, 0) is 11.3 Å². The van der Waals surface area contributed by atoms with Gasteiger partial charge in [-0.05, 0) is 90.3 Å². The van der Waals surface area contributed by atoms with E-state index in [1.165, 1.54) is 0 Å². The first kappa shape index (κ1) is 27.2. The van der Waals surface area contributed by atoms with Crippen molar-refractivity contribution in [2.75, 3.05) is 24.5 Å². The average molecular weight is 529 g/mol. The highest BCUT2D eigenvalue weighted by molar-refractivity contribution is 7.14. The van der Waals surface area contributed by atoms with Gasteiger partial charge in [0.2, 0.25) is 0 Å². The quantitative estimate of drug-likeness (QED) is 0.575. The number of anilines is 1. The Morgan fingerprint density at radius 3 is 2.49 bits per heavy atom. The number of hydrogen-bond acceptors (Lipinski definition) is 6. The standard InChI is InChI=1S/C28H40N4O4S/c1-17-14-18(2)30-25(34)21(17)15-29-24(33)22-16-37-26(19(22)3)32-11-7-8-23(32)20-9-12-31(13-10-20)27(35)36-28(4,5)6/h14,16,20,23H,7-13,15H2,1-6H3,(H,29,33)(H,30,34). The van der Waals surface area contributed by atoms with Gasteiger partial charge in [0, 0.05) is 48.9 Å². The molecule has 0 spiro atoms. The number of amides is 2. The van der Waals surface area contributed by atoms with E-state index in [-0.39, 0.29) is 24.1 Å². The highest BCUT2D eigenvalue weighted by Crippen LogP contribution is 2.40. The number of hydrogen-bond donors (Lipinski definition) is 2. The molecule has 1 unspecified atom stereocenters. The molecule has 0 saturated carbocycles. The molecular weight excluding hydrogens is 488 g/mol. The van der Waals surface area contributed by atoms with E-state index >= 15 is 0 Å². The number of carbonyl (C=O) groups is 2.